The van der Waals surface area contributed by atoms with Gasteiger partial charge >= 0.3 is 5.97 Å². The average Bonchev–Trinajstić information content (AvgIpc) is 2.94. The van der Waals surface area contributed by atoms with Crippen LogP contribution in [0.1, 0.15) is 29.9 Å². The summed E-state index contributed by atoms with van der Waals surface area (Å²) in [5.74, 6) is -1.57. The zero-order valence-electron chi connectivity index (χ0n) is 13.2. The molecule has 1 heterocycles. The van der Waals surface area contributed by atoms with Gasteiger partial charge in [0, 0.05) is 17.0 Å². The molecule has 0 saturated carbocycles. The van der Waals surface area contributed by atoms with Crippen molar-refractivity contribution in [2.75, 3.05) is 10.6 Å². The highest BCUT2D eigenvalue weighted by atomic mass is 32.1. The highest BCUT2D eigenvalue weighted by molar-refractivity contribution is 7.13. The Morgan fingerprint density at radius 3 is 2.42 bits per heavy atom. The molecule has 0 saturated heterocycles. The monoisotopic (exact) mass is 347 g/mol. The lowest BCUT2D eigenvalue weighted by molar-refractivity contribution is -0.119. The number of thiazole rings is 1. The van der Waals surface area contributed by atoms with Crippen LogP contribution in [-0.2, 0) is 16.0 Å². The van der Waals surface area contributed by atoms with E-state index in [0.717, 1.165) is 0 Å². The molecule has 0 aliphatic carbocycles. The van der Waals surface area contributed by atoms with Gasteiger partial charge in [-0.1, -0.05) is 13.8 Å². The quantitative estimate of drug-likeness (QED) is 0.744. The second-order valence-electron chi connectivity index (χ2n) is 5.40. The van der Waals surface area contributed by atoms with Crippen molar-refractivity contribution in [1.82, 2.24) is 4.98 Å². The molecule has 2 amide bonds. The second-order valence-corrected chi connectivity index (χ2v) is 6.25. The molecular weight excluding hydrogens is 330 g/mol. The lowest BCUT2D eigenvalue weighted by atomic mass is 10.2. The Kier molecular flexibility index (Phi) is 5.64. The van der Waals surface area contributed by atoms with E-state index in [1.54, 1.807) is 19.2 Å². The summed E-state index contributed by atoms with van der Waals surface area (Å²) in [4.78, 5) is 38.6. The smallest absolute Gasteiger partial charge is 0.335 e. The van der Waals surface area contributed by atoms with Gasteiger partial charge in [0.25, 0.3) is 0 Å². The number of carboxylic acid groups (broad SMARTS) is 1. The van der Waals surface area contributed by atoms with Gasteiger partial charge in [-0.05, 0) is 24.3 Å². The third-order valence-corrected chi connectivity index (χ3v) is 3.87. The molecule has 0 aliphatic heterocycles. The summed E-state index contributed by atoms with van der Waals surface area (Å²) in [5.41, 5.74) is 1.21. The molecule has 126 valence electrons. The van der Waals surface area contributed by atoms with Gasteiger partial charge in [-0.15, -0.1) is 11.3 Å². The predicted molar refractivity (Wildman–Crippen MR) is 91.3 cm³/mol. The van der Waals surface area contributed by atoms with E-state index < -0.39 is 5.97 Å². The zero-order valence-corrected chi connectivity index (χ0v) is 14.0. The summed E-state index contributed by atoms with van der Waals surface area (Å²) in [6.45, 7) is 3.57. The number of aromatic nitrogens is 1. The minimum absolute atomic E-state index is 0.0642. The number of carboxylic acids is 1. The number of nitrogens with zero attached hydrogens (tertiary/aromatic N) is 1. The zero-order chi connectivity index (χ0) is 17.7. The van der Waals surface area contributed by atoms with E-state index in [2.05, 4.69) is 15.6 Å². The Hall–Kier alpha value is -2.74. The van der Waals surface area contributed by atoms with Crippen LogP contribution >= 0.6 is 11.3 Å². The fourth-order valence-electron chi connectivity index (χ4n) is 1.76. The van der Waals surface area contributed by atoms with Gasteiger partial charge < -0.3 is 15.7 Å². The lowest BCUT2D eigenvalue weighted by Crippen LogP contribution is -2.18. The Labute approximate surface area is 142 Å². The number of rotatable bonds is 6. The maximum absolute atomic E-state index is 12.0. The number of carbonyl (C=O) groups is 3. The number of amides is 2. The Morgan fingerprint density at radius 2 is 1.83 bits per heavy atom. The van der Waals surface area contributed by atoms with Crippen LogP contribution in [0.2, 0.25) is 0 Å². The largest absolute Gasteiger partial charge is 0.478 e. The van der Waals surface area contributed by atoms with Crippen molar-refractivity contribution in [3.8, 4) is 0 Å². The van der Waals surface area contributed by atoms with Crippen LogP contribution < -0.4 is 10.6 Å². The van der Waals surface area contributed by atoms with Crippen molar-refractivity contribution in [3.05, 3.63) is 40.9 Å². The molecule has 7 nitrogen and oxygen atoms in total. The molecule has 0 bridgehead atoms. The van der Waals surface area contributed by atoms with Crippen molar-refractivity contribution >= 4 is 39.9 Å². The maximum atomic E-state index is 12.0. The van der Waals surface area contributed by atoms with Gasteiger partial charge in [-0.2, -0.15) is 0 Å². The van der Waals surface area contributed by atoms with Crippen LogP contribution in [0.5, 0.6) is 0 Å². The first-order valence-electron chi connectivity index (χ1n) is 7.23. The SMILES string of the molecule is CC(C)C(=O)Nc1nc(CC(=O)Nc2ccc(C(=O)O)cc2)cs1. The van der Waals surface area contributed by atoms with Crippen LogP contribution in [0, 0.1) is 5.92 Å². The van der Waals surface area contributed by atoms with E-state index in [4.69, 9.17) is 5.11 Å². The van der Waals surface area contributed by atoms with Gasteiger partial charge in [0.2, 0.25) is 11.8 Å². The van der Waals surface area contributed by atoms with Gasteiger partial charge in [0.05, 0.1) is 17.7 Å². The van der Waals surface area contributed by atoms with E-state index >= 15 is 0 Å². The average molecular weight is 347 g/mol. The third-order valence-electron chi connectivity index (χ3n) is 3.06. The van der Waals surface area contributed by atoms with Gasteiger partial charge in [0.15, 0.2) is 5.13 Å². The molecule has 1 aromatic carbocycles. The number of carbonyl (C=O) groups excluding carboxylic acids is 2. The number of benzene rings is 1. The van der Waals surface area contributed by atoms with Crippen LogP contribution in [0.15, 0.2) is 29.6 Å². The highest BCUT2D eigenvalue weighted by Crippen LogP contribution is 2.17. The molecule has 0 radical (unpaired) electrons. The molecular formula is C16H17N3O4S. The number of aromatic carboxylic acids is 1. The molecule has 0 unspecified atom stereocenters. The first-order chi connectivity index (χ1) is 11.3. The number of hydrogen-bond acceptors (Lipinski definition) is 5. The van der Waals surface area contributed by atoms with Gasteiger partial charge in [0.1, 0.15) is 0 Å². The molecule has 0 spiro atoms. The lowest BCUT2D eigenvalue weighted by Gasteiger charge is -2.05. The summed E-state index contributed by atoms with van der Waals surface area (Å²) < 4.78 is 0. The number of anilines is 2. The highest BCUT2D eigenvalue weighted by Gasteiger charge is 2.12. The molecule has 3 N–H and O–H groups in total. The minimum Gasteiger partial charge on any atom is -0.478 e. The number of hydrogen-bond donors (Lipinski definition) is 3. The normalized spacial score (nSPS) is 10.5. The van der Waals surface area contributed by atoms with Crippen molar-refractivity contribution in [2.24, 2.45) is 5.92 Å². The molecule has 0 aliphatic rings. The Morgan fingerprint density at radius 1 is 1.17 bits per heavy atom. The fourth-order valence-corrected chi connectivity index (χ4v) is 2.47. The van der Waals surface area contributed by atoms with E-state index in [1.165, 1.54) is 35.6 Å². The third kappa shape index (κ3) is 4.88. The van der Waals surface area contributed by atoms with Crippen LogP contribution in [0.4, 0.5) is 10.8 Å². The van der Waals surface area contributed by atoms with Crippen LogP contribution in [0.25, 0.3) is 0 Å². The molecule has 1 aromatic heterocycles. The maximum Gasteiger partial charge on any atom is 0.335 e. The van der Waals surface area contributed by atoms with Crippen molar-refractivity contribution < 1.29 is 19.5 Å². The summed E-state index contributed by atoms with van der Waals surface area (Å²) in [7, 11) is 0. The standard InChI is InChI=1S/C16H17N3O4S/c1-9(2)14(21)19-16-18-12(8-24-16)7-13(20)17-11-5-3-10(4-6-11)15(22)23/h3-6,8-9H,7H2,1-2H3,(H,17,20)(H,22,23)(H,18,19,21). The summed E-state index contributed by atoms with van der Waals surface area (Å²) in [6.07, 6.45) is 0.0642. The van der Waals surface area contributed by atoms with Crippen LogP contribution in [-0.4, -0.2) is 27.9 Å². The Balaban J connectivity index is 1.91. The van der Waals surface area contributed by atoms with Gasteiger partial charge in [-0.3, -0.25) is 9.59 Å². The molecule has 8 heteroatoms. The molecule has 2 aromatic rings. The number of nitrogens with one attached hydrogen (secondary N) is 2. The molecule has 2 rings (SSSR count). The first-order valence-corrected chi connectivity index (χ1v) is 8.11. The van der Waals surface area contributed by atoms with Gasteiger partial charge in [-0.25, -0.2) is 9.78 Å². The molecule has 0 fully saturated rings. The summed E-state index contributed by atoms with van der Waals surface area (Å²) in [6, 6.07) is 5.88. The van der Waals surface area contributed by atoms with Crippen molar-refractivity contribution in [3.63, 3.8) is 0 Å². The van der Waals surface area contributed by atoms with Crippen molar-refractivity contribution in [2.45, 2.75) is 20.3 Å². The second kappa shape index (κ2) is 7.69. The topological polar surface area (TPSA) is 108 Å². The van der Waals surface area contributed by atoms with E-state index in [9.17, 15) is 14.4 Å². The van der Waals surface area contributed by atoms with Crippen molar-refractivity contribution in [1.29, 1.82) is 0 Å². The Bertz CT molecular complexity index is 753. The molecule has 24 heavy (non-hydrogen) atoms. The van der Waals surface area contributed by atoms with Crippen LogP contribution in [0.3, 0.4) is 0 Å². The first kappa shape index (κ1) is 17.6. The van der Waals surface area contributed by atoms with E-state index in [-0.39, 0.29) is 29.7 Å². The van der Waals surface area contributed by atoms with E-state index in [0.29, 0.717) is 16.5 Å². The summed E-state index contributed by atoms with van der Waals surface area (Å²) in [5, 5.41) is 16.4. The van der Waals surface area contributed by atoms with E-state index in [1.807, 2.05) is 0 Å². The predicted octanol–water partition coefficient (Wildman–Crippen LogP) is 2.62. The fraction of sp³-hybridized carbons (Fsp3) is 0.250. The minimum atomic E-state index is -1.02. The molecule has 0 atom stereocenters. The summed E-state index contributed by atoms with van der Waals surface area (Å²) >= 11 is 1.26.